The third-order valence-electron chi connectivity index (χ3n) is 3.99. The first kappa shape index (κ1) is 18.7. The molecule has 2 amide bonds. The van der Waals surface area contributed by atoms with E-state index in [4.69, 9.17) is 4.74 Å². The van der Waals surface area contributed by atoms with Gasteiger partial charge in [0, 0.05) is 34.8 Å². The van der Waals surface area contributed by atoms with Crippen LogP contribution >= 0.6 is 11.8 Å². The van der Waals surface area contributed by atoms with E-state index in [0.717, 1.165) is 28.5 Å². The van der Waals surface area contributed by atoms with Crippen LogP contribution in [0, 0.1) is 0 Å². The number of urea groups is 1. The van der Waals surface area contributed by atoms with Gasteiger partial charge in [0.05, 0.1) is 25.9 Å². The first-order valence-electron chi connectivity index (χ1n) is 8.65. The molecular weight excluding hydrogens is 350 g/mol. The van der Waals surface area contributed by atoms with E-state index in [0.29, 0.717) is 13.2 Å². The van der Waals surface area contributed by atoms with Gasteiger partial charge >= 0.3 is 6.03 Å². The van der Waals surface area contributed by atoms with Gasteiger partial charge in [-0.25, -0.2) is 4.79 Å². The number of nitrogens with one attached hydrogen (secondary N) is 1. The molecule has 0 bridgehead atoms. The second-order valence-electron chi connectivity index (χ2n) is 6.05. The molecule has 138 valence electrons. The van der Waals surface area contributed by atoms with Crippen molar-refractivity contribution >= 4 is 23.5 Å². The van der Waals surface area contributed by atoms with Gasteiger partial charge in [0.2, 0.25) is 0 Å². The number of hydrogen-bond donors (Lipinski definition) is 2. The number of aromatic nitrogens is 1. The van der Waals surface area contributed by atoms with E-state index in [1.807, 2.05) is 48.7 Å². The summed E-state index contributed by atoms with van der Waals surface area (Å²) in [6.07, 6.45) is 2.09. The molecule has 1 fully saturated rings. The number of anilines is 1. The molecule has 0 unspecified atom stereocenters. The van der Waals surface area contributed by atoms with E-state index in [1.165, 1.54) is 0 Å². The highest BCUT2D eigenvalue weighted by molar-refractivity contribution is 7.99. The second kappa shape index (κ2) is 9.56. The van der Waals surface area contributed by atoms with Crippen LogP contribution in [0.15, 0.2) is 53.6 Å². The fourth-order valence-corrected chi connectivity index (χ4v) is 3.51. The highest BCUT2D eigenvalue weighted by atomic mass is 32.2. The number of rotatable bonds is 5. The predicted octanol–water partition coefficient (Wildman–Crippen LogP) is 2.64. The lowest BCUT2D eigenvalue weighted by Gasteiger charge is -2.21. The summed E-state index contributed by atoms with van der Waals surface area (Å²) in [5.41, 5.74) is 1.83. The Bertz CT molecular complexity index is 697. The summed E-state index contributed by atoms with van der Waals surface area (Å²) < 4.78 is 5.24. The maximum Gasteiger partial charge on any atom is 0.322 e. The number of ether oxygens (including phenoxy) is 1. The van der Waals surface area contributed by atoms with Crippen LogP contribution in [0.5, 0.6) is 0 Å². The zero-order valence-electron chi connectivity index (χ0n) is 14.5. The first-order chi connectivity index (χ1) is 12.7. The molecule has 6 nitrogen and oxygen atoms in total. The van der Waals surface area contributed by atoms with Gasteiger partial charge in [0.25, 0.3) is 0 Å². The number of aryl methyl sites for hydroxylation is 1. The van der Waals surface area contributed by atoms with E-state index in [-0.39, 0.29) is 19.2 Å². The standard InChI is InChI=1S/C19H23N3O3S/c23-17-13-22(10-11-25-14-17)19(24)21-16-4-6-18(7-5-16)26-12-8-15-3-1-2-9-20-15/h1-7,9,17,23H,8,10-14H2,(H,21,24)/t17-/m1/s1. The summed E-state index contributed by atoms with van der Waals surface area (Å²) in [7, 11) is 0. The summed E-state index contributed by atoms with van der Waals surface area (Å²) >= 11 is 1.76. The molecule has 7 heteroatoms. The molecule has 1 aromatic heterocycles. The Kier molecular flexibility index (Phi) is 6.88. The maximum atomic E-state index is 12.3. The molecule has 0 saturated carbocycles. The molecule has 2 heterocycles. The monoisotopic (exact) mass is 373 g/mol. The average molecular weight is 373 g/mol. The van der Waals surface area contributed by atoms with E-state index in [9.17, 15) is 9.90 Å². The van der Waals surface area contributed by atoms with Crippen LogP contribution in [-0.2, 0) is 11.2 Å². The van der Waals surface area contributed by atoms with Crippen molar-refractivity contribution in [1.29, 1.82) is 0 Å². The van der Waals surface area contributed by atoms with Gasteiger partial charge in [-0.3, -0.25) is 4.98 Å². The van der Waals surface area contributed by atoms with Crippen LogP contribution in [0.25, 0.3) is 0 Å². The van der Waals surface area contributed by atoms with Crippen LogP contribution in [0.4, 0.5) is 10.5 Å². The molecule has 1 aliphatic heterocycles. The van der Waals surface area contributed by atoms with Crippen molar-refractivity contribution in [2.75, 3.05) is 37.4 Å². The zero-order chi connectivity index (χ0) is 18.2. The van der Waals surface area contributed by atoms with Crippen LogP contribution in [0.1, 0.15) is 5.69 Å². The Morgan fingerprint density at radius 1 is 1.31 bits per heavy atom. The van der Waals surface area contributed by atoms with Gasteiger partial charge in [-0.1, -0.05) is 6.07 Å². The van der Waals surface area contributed by atoms with Gasteiger partial charge < -0.3 is 20.1 Å². The summed E-state index contributed by atoms with van der Waals surface area (Å²) in [5, 5.41) is 12.6. The van der Waals surface area contributed by atoms with Gasteiger partial charge in [0.15, 0.2) is 0 Å². The largest absolute Gasteiger partial charge is 0.389 e. The van der Waals surface area contributed by atoms with E-state index in [1.54, 1.807) is 16.7 Å². The van der Waals surface area contributed by atoms with Crippen molar-refractivity contribution in [3.8, 4) is 0 Å². The topological polar surface area (TPSA) is 74.7 Å². The number of pyridine rings is 1. The van der Waals surface area contributed by atoms with Crippen molar-refractivity contribution in [2.45, 2.75) is 17.4 Å². The van der Waals surface area contributed by atoms with Gasteiger partial charge in [-0.05, 0) is 42.8 Å². The van der Waals surface area contributed by atoms with Gasteiger partial charge in [-0.15, -0.1) is 11.8 Å². The average Bonchev–Trinajstić information content (AvgIpc) is 2.89. The summed E-state index contributed by atoms with van der Waals surface area (Å²) in [6.45, 7) is 1.47. The van der Waals surface area contributed by atoms with Crippen molar-refractivity contribution in [3.05, 3.63) is 54.4 Å². The second-order valence-corrected chi connectivity index (χ2v) is 7.22. The smallest absolute Gasteiger partial charge is 0.322 e. The van der Waals surface area contributed by atoms with E-state index < -0.39 is 6.10 Å². The predicted molar refractivity (Wildman–Crippen MR) is 103 cm³/mol. The number of hydrogen-bond acceptors (Lipinski definition) is 5. The molecule has 1 aromatic carbocycles. The van der Waals surface area contributed by atoms with Gasteiger partial charge in [-0.2, -0.15) is 0 Å². The number of β-amino-alcohol motifs (C(OH)–C–C–N with tert-alkyl or cyclic N) is 1. The highest BCUT2D eigenvalue weighted by Crippen LogP contribution is 2.21. The van der Waals surface area contributed by atoms with Crippen LogP contribution < -0.4 is 5.32 Å². The lowest BCUT2D eigenvalue weighted by Crippen LogP contribution is -2.40. The molecular formula is C19H23N3O3S. The molecule has 2 aromatic rings. The lowest BCUT2D eigenvalue weighted by molar-refractivity contribution is 0.0575. The minimum absolute atomic E-state index is 0.217. The third kappa shape index (κ3) is 5.72. The number of carbonyl (C=O) groups is 1. The summed E-state index contributed by atoms with van der Waals surface area (Å²) in [5.74, 6) is 0.953. The number of aliphatic hydroxyl groups is 1. The van der Waals surface area contributed by atoms with Crippen LogP contribution in [0.2, 0.25) is 0 Å². The molecule has 2 N–H and O–H groups in total. The lowest BCUT2D eigenvalue weighted by atomic mass is 10.3. The molecule has 0 spiro atoms. The quantitative estimate of drug-likeness (QED) is 0.788. The molecule has 1 aliphatic rings. The van der Waals surface area contributed by atoms with Crippen molar-refractivity contribution in [3.63, 3.8) is 0 Å². The minimum atomic E-state index is -0.638. The van der Waals surface area contributed by atoms with E-state index in [2.05, 4.69) is 10.3 Å². The third-order valence-corrected chi connectivity index (χ3v) is 5.01. The molecule has 0 aliphatic carbocycles. The van der Waals surface area contributed by atoms with Crippen molar-refractivity contribution in [1.82, 2.24) is 9.88 Å². The Balaban J connectivity index is 1.47. The molecule has 3 rings (SSSR count). The molecule has 1 atom stereocenters. The summed E-state index contributed by atoms with van der Waals surface area (Å²) in [6, 6.07) is 13.5. The first-order valence-corrected chi connectivity index (χ1v) is 9.64. The number of carbonyl (C=O) groups excluding carboxylic acids is 1. The van der Waals surface area contributed by atoms with Crippen molar-refractivity contribution in [2.24, 2.45) is 0 Å². The van der Waals surface area contributed by atoms with Crippen LogP contribution in [-0.4, -0.2) is 59.2 Å². The Morgan fingerprint density at radius 3 is 2.92 bits per heavy atom. The SMILES string of the molecule is O=C(Nc1ccc(SCCc2ccccn2)cc1)N1CCOC[C@H](O)C1. The van der Waals surface area contributed by atoms with E-state index >= 15 is 0 Å². The Morgan fingerprint density at radius 2 is 2.15 bits per heavy atom. The molecule has 1 saturated heterocycles. The van der Waals surface area contributed by atoms with Crippen molar-refractivity contribution < 1.29 is 14.6 Å². The normalized spacial score (nSPS) is 17.6. The number of aliphatic hydroxyl groups excluding tert-OH is 1. The zero-order valence-corrected chi connectivity index (χ0v) is 15.3. The number of benzene rings is 1. The van der Waals surface area contributed by atoms with Gasteiger partial charge in [0.1, 0.15) is 0 Å². The molecule has 0 radical (unpaired) electrons. The maximum absolute atomic E-state index is 12.3. The number of amides is 2. The number of thioether (sulfide) groups is 1. The minimum Gasteiger partial charge on any atom is -0.389 e. The highest BCUT2D eigenvalue weighted by Gasteiger charge is 2.20. The number of nitrogens with zero attached hydrogens (tertiary/aromatic N) is 2. The fourth-order valence-electron chi connectivity index (χ4n) is 2.63. The fraction of sp³-hybridized carbons (Fsp3) is 0.368. The Labute approximate surface area is 157 Å². The Hall–Kier alpha value is -2.09. The van der Waals surface area contributed by atoms with Crippen LogP contribution in [0.3, 0.4) is 0 Å². The molecule has 26 heavy (non-hydrogen) atoms. The summed E-state index contributed by atoms with van der Waals surface area (Å²) in [4.78, 5) is 19.4.